The number of hydrogen-bond acceptors (Lipinski definition) is 4. The highest BCUT2D eigenvalue weighted by molar-refractivity contribution is 5.96. The van der Waals surface area contributed by atoms with Gasteiger partial charge in [0.25, 0.3) is 0 Å². The van der Waals surface area contributed by atoms with E-state index in [0.29, 0.717) is 23.8 Å². The van der Waals surface area contributed by atoms with E-state index in [2.05, 4.69) is 23.8 Å². The maximum absolute atomic E-state index is 11.6. The summed E-state index contributed by atoms with van der Waals surface area (Å²) in [4.78, 5) is 16.4. The van der Waals surface area contributed by atoms with E-state index in [1.807, 2.05) is 24.3 Å². The minimum Gasteiger partial charge on any atom is -0.493 e. The van der Waals surface area contributed by atoms with Crippen LogP contribution in [0.25, 0.3) is 0 Å². The molecular formula is C17H26N2O2. The second-order valence-electron chi connectivity index (χ2n) is 6.07. The number of Topliss-reactive ketones (excluding diaryl/α,β-unsaturated/α-hetero) is 1. The van der Waals surface area contributed by atoms with E-state index < -0.39 is 0 Å². The number of piperazine rings is 1. The molecule has 0 amide bonds. The van der Waals surface area contributed by atoms with Crippen molar-refractivity contribution in [1.82, 2.24) is 9.80 Å². The molecule has 1 unspecified atom stereocenters. The molecule has 21 heavy (non-hydrogen) atoms. The molecule has 1 fully saturated rings. The molecule has 1 aliphatic rings. The van der Waals surface area contributed by atoms with E-state index in [-0.39, 0.29) is 5.78 Å². The van der Waals surface area contributed by atoms with Crippen LogP contribution in [0.5, 0.6) is 5.75 Å². The molecule has 1 aliphatic heterocycles. The fourth-order valence-corrected chi connectivity index (χ4v) is 2.64. The zero-order valence-electron chi connectivity index (χ0n) is 13.3. The van der Waals surface area contributed by atoms with Crippen LogP contribution in [0.4, 0.5) is 0 Å². The molecule has 0 saturated carbocycles. The Balaban J connectivity index is 1.81. The highest BCUT2D eigenvalue weighted by atomic mass is 16.5. The van der Waals surface area contributed by atoms with Crippen molar-refractivity contribution < 1.29 is 9.53 Å². The van der Waals surface area contributed by atoms with E-state index >= 15 is 0 Å². The summed E-state index contributed by atoms with van der Waals surface area (Å²) in [5, 5.41) is 0. The molecule has 116 valence electrons. The van der Waals surface area contributed by atoms with Gasteiger partial charge in [-0.15, -0.1) is 0 Å². The van der Waals surface area contributed by atoms with Crippen LogP contribution in [0, 0.1) is 5.92 Å². The molecule has 4 heteroatoms. The van der Waals surface area contributed by atoms with Gasteiger partial charge in [0.15, 0.2) is 5.78 Å². The van der Waals surface area contributed by atoms with Gasteiger partial charge in [0.1, 0.15) is 5.75 Å². The Morgan fingerprint density at radius 2 is 1.90 bits per heavy atom. The van der Waals surface area contributed by atoms with Crippen LogP contribution >= 0.6 is 0 Å². The molecule has 0 spiro atoms. The second kappa shape index (κ2) is 7.57. The Morgan fingerprint density at radius 1 is 1.24 bits per heavy atom. The third-order valence-corrected chi connectivity index (χ3v) is 3.96. The molecule has 0 N–H and O–H groups in total. The lowest BCUT2D eigenvalue weighted by Gasteiger charge is -2.33. The van der Waals surface area contributed by atoms with Gasteiger partial charge in [-0.25, -0.2) is 0 Å². The average Bonchev–Trinajstić information content (AvgIpc) is 2.48. The first-order valence-electron chi connectivity index (χ1n) is 7.70. The lowest BCUT2D eigenvalue weighted by Crippen LogP contribution is -2.46. The number of ether oxygens (including phenoxy) is 1. The number of likely N-dealkylation sites (N-methyl/N-ethyl adjacent to an activating group) is 1. The average molecular weight is 290 g/mol. The van der Waals surface area contributed by atoms with E-state index in [9.17, 15) is 4.79 Å². The van der Waals surface area contributed by atoms with Crippen molar-refractivity contribution in [3.63, 3.8) is 0 Å². The summed E-state index contributed by atoms with van der Waals surface area (Å²) in [7, 11) is 2.17. The summed E-state index contributed by atoms with van der Waals surface area (Å²) < 4.78 is 5.86. The largest absolute Gasteiger partial charge is 0.493 e. The molecule has 1 aromatic rings. The smallest absolute Gasteiger partial charge is 0.163 e. The highest BCUT2D eigenvalue weighted by Crippen LogP contribution is 2.19. The molecule has 0 aliphatic carbocycles. The monoisotopic (exact) mass is 290 g/mol. The standard InChI is InChI=1S/C17H26N2O2/c1-14(12-19-10-8-18(3)9-11-19)13-21-17-7-5-4-6-16(17)15(2)20/h4-7,14H,8-13H2,1-3H3. The Hall–Kier alpha value is -1.39. The third kappa shape index (κ3) is 4.83. The van der Waals surface area contributed by atoms with Gasteiger partial charge in [0.2, 0.25) is 0 Å². The molecule has 1 heterocycles. The number of ketones is 1. The Bertz CT molecular complexity index is 468. The van der Waals surface area contributed by atoms with Crippen LogP contribution in [0.2, 0.25) is 0 Å². The van der Waals surface area contributed by atoms with E-state index in [4.69, 9.17) is 4.74 Å². The molecule has 1 aromatic carbocycles. The Labute approximate surface area is 127 Å². The maximum atomic E-state index is 11.6. The van der Waals surface area contributed by atoms with Crippen molar-refractivity contribution in [1.29, 1.82) is 0 Å². The quantitative estimate of drug-likeness (QED) is 0.752. The number of nitrogens with zero attached hydrogens (tertiary/aromatic N) is 2. The van der Waals surface area contributed by atoms with E-state index in [1.54, 1.807) is 6.92 Å². The summed E-state index contributed by atoms with van der Waals surface area (Å²) >= 11 is 0. The molecule has 0 bridgehead atoms. The summed E-state index contributed by atoms with van der Waals surface area (Å²) in [6.07, 6.45) is 0. The number of carbonyl (C=O) groups is 1. The van der Waals surface area contributed by atoms with Crippen LogP contribution in [0.3, 0.4) is 0 Å². The van der Waals surface area contributed by atoms with Crippen molar-refractivity contribution >= 4 is 5.78 Å². The van der Waals surface area contributed by atoms with Crippen molar-refractivity contribution in [3.05, 3.63) is 29.8 Å². The zero-order chi connectivity index (χ0) is 15.2. The minimum atomic E-state index is 0.0531. The van der Waals surface area contributed by atoms with Crippen LogP contribution < -0.4 is 4.74 Å². The predicted octanol–water partition coefficient (Wildman–Crippen LogP) is 2.15. The predicted molar refractivity (Wildman–Crippen MR) is 85.0 cm³/mol. The molecular weight excluding hydrogens is 264 g/mol. The maximum Gasteiger partial charge on any atom is 0.163 e. The van der Waals surface area contributed by atoms with Gasteiger partial charge in [-0.2, -0.15) is 0 Å². The van der Waals surface area contributed by atoms with Gasteiger partial charge in [0, 0.05) is 38.6 Å². The molecule has 2 rings (SSSR count). The number of para-hydroxylation sites is 1. The van der Waals surface area contributed by atoms with Gasteiger partial charge < -0.3 is 14.5 Å². The SMILES string of the molecule is CC(=O)c1ccccc1OCC(C)CN1CCN(C)CC1. The number of hydrogen-bond donors (Lipinski definition) is 0. The zero-order valence-corrected chi connectivity index (χ0v) is 13.3. The number of carbonyl (C=O) groups excluding carboxylic acids is 1. The van der Waals surface area contributed by atoms with Gasteiger partial charge >= 0.3 is 0 Å². The van der Waals surface area contributed by atoms with Crippen LogP contribution in [-0.4, -0.2) is 62.0 Å². The van der Waals surface area contributed by atoms with Crippen molar-refractivity contribution in [2.24, 2.45) is 5.92 Å². The first kappa shape index (κ1) is 16.0. The number of benzene rings is 1. The molecule has 0 radical (unpaired) electrons. The van der Waals surface area contributed by atoms with Crippen LogP contribution in [0.1, 0.15) is 24.2 Å². The van der Waals surface area contributed by atoms with Crippen molar-refractivity contribution in [2.75, 3.05) is 46.4 Å². The summed E-state index contributed by atoms with van der Waals surface area (Å²) in [6.45, 7) is 10.0. The molecule has 1 saturated heterocycles. The van der Waals surface area contributed by atoms with Gasteiger partial charge in [-0.3, -0.25) is 4.79 Å². The second-order valence-corrected chi connectivity index (χ2v) is 6.07. The normalized spacial score (nSPS) is 18.4. The highest BCUT2D eigenvalue weighted by Gasteiger charge is 2.17. The topological polar surface area (TPSA) is 32.8 Å². The fourth-order valence-electron chi connectivity index (χ4n) is 2.64. The Kier molecular flexibility index (Phi) is 5.76. The third-order valence-electron chi connectivity index (χ3n) is 3.96. The first-order valence-corrected chi connectivity index (χ1v) is 7.70. The van der Waals surface area contributed by atoms with Gasteiger partial charge in [-0.1, -0.05) is 19.1 Å². The van der Waals surface area contributed by atoms with Gasteiger partial charge in [0.05, 0.1) is 12.2 Å². The summed E-state index contributed by atoms with van der Waals surface area (Å²) in [5.41, 5.74) is 0.671. The summed E-state index contributed by atoms with van der Waals surface area (Å²) in [5.74, 6) is 1.21. The molecule has 4 nitrogen and oxygen atoms in total. The summed E-state index contributed by atoms with van der Waals surface area (Å²) in [6, 6.07) is 7.48. The molecule has 1 atom stereocenters. The lowest BCUT2D eigenvalue weighted by atomic mass is 10.1. The fraction of sp³-hybridized carbons (Fsp3) is 0.588. The van der Waals surface area contributed by atoms with Crippen molar-refractivity contribution in [3.8, 4) is 5.75 Å². The first-order chi connectivity index (χ1) is 10.1. The van der Waals surface area contributed by atoms with Crippen molar-refractivity contribution in [2.45, 2.75) is 13.8 Å². The van der Waals surface area contributed by atoms with Crippen LogP contribution in [-0.2, 0) is 0 Å². The molecule has 0 aromatic heterocycles. The Morgan fingerprint density at radius 3 is 2.57 bits per heavy atom. The van der Waals surface area contributed by atoms with Crippen LogP contribution in [0.15, 0.2) is 24.3 Å². The minimum absolute atomic E-state index is 0.0531. The van der Waals surface area contributed by atoms with E-state index in [1.165, 1.54) is 0 Å². The van der Waals surface area contributed by atoms with E-state index in [0.717, 1.165) is 32.7 Å². The van der Waals surface area contributed by atoms with Gasteiger partial charge in [-0.05, 0) is 26.1 Å². The lowest BCUT2D eigenvalue weighted by molar-refractivity contribution is 0.100. The number of rotatable bonds is 6.